The quantitative estimate of drug-likeness (QED) is 0.163. The predicted octanol–water partition coefficient (Wildman–Crippen LogP) is 1.17. The molecule has 1 rings (SSSR count). The summed E-state index contributed by atoms with van der Waals surface area (Å²) in [5, 5.41) is 11.8. The van der Waals surface area contributed by atoms with E-state index in [4.69, 9.17) is 9.57 Å². The molecule has 1 fully saturated rings. The summed E-state index contributed by atoms with van der Waals surface area (Å²) >= 11 is 0.997. The molecule has 1 unspecified atom stereocenters. The van der Waals surface area contributed by atoms with E-state index in [0.717, 1.165) is 29.9 Å². The van der Waals surface area contributed by atoms with Crippen LogP contribution in [-0.2, 0) is 19.2 Å². The van der Waals surface area contributed by atoms with Gasteiger partial charge in [0.25, 0.3) is 0 Å². The van der Waals surface area contributed by atoms with Gasteiger partial charge in [-0.15, -0.1) is 0 Å². The third-order valence-corrected chi connectivity index (χ3v) is 11.3. The number of carbonyl (C=O) groups is 2. The van der Waals surface area contributed by atoms with Crippen LogP contribution in [0.1, 0.15) is 46.0 Å². The number of hydrogen-bond donors (Lipinski definition) is 2. The first-order chi connectivity index (χ1) is 13.6. The van der Waals surface area contributed by atoms with E-state index in [-0.39, 0.29) is 18.1 Å². The molecule has 2 amide bonds. The molecule has 0 saturated carbocycles. The van der Waals surface area contributed by atoms with Crippen molar-refractivity contribution in [3.63, 3.8) is 0 Å². The van der Waals surface area contributed by atoms with Gasteiger partial charge in [0.05, 0.1) is 0 Å². The molecule has 28 heavy (non-hydrogen) atoms. The van der Waals surface area contributed by atoms with Crippen LogP contribution in [-0.4, -0.2) is 82.5 Å². The van der Waals surface area contributed by atoms with Crippen LogP contribution in [0.15, 0.2) is 10.1 Å². The van der Waals surface area contributed by atoms with Gasteiger partial charge in [-0.1, -0.05) is 0 Å². The van der Waals surface area contributed by atoms with Gasteiger partial charge in [-0.25, -0.2) is 0 Å². The van der Waals surface area contributed by atoms with E-state index in [2.05, 4.69) is 20.8 Å². The van der Waals surface area contributed by atoms with Gasteiger partial charge in [-0.3, -0.25) is 0 Å². The minimum absolute atomic E-state index is 0.0622. The van der Waals surface area contributed by atoms with Crippen molar-refractivity contribution < 1.29 is 19.2 Å². The second kappa shape index (κ2) is 15.9. The van der Waals surface area contributed by atoms with Crippen molar-refractivity contribution in [3.8, 4) is 0 Å². The van der Waals surface area contributed by atoms with E-state index in [1.807, 2.05) is 13.8 Å². The molecule has 0 spiro atoms. The van der Waals surface area contributed by atoms with Crippen LogP contribution in [0, 0.1) is 0 Å². The second-order valence-electron chi connectivity index (χ2n) is 5.97. The predicted molar refractivity (Wildman–Crippen MR) is 113 cm³/mol. The second-order valence-corrected chi connectivity index (χ2v) is 13.8. The van der Waals surface area contributed by atoms with Crippen molar-refractivity contribution in [2.45, 2.75) is 62.9 Å². The number of amides is 2. The van der Waals surface area contributed by atoms with Crippen LogP contribution < -0.4 is 10.6 Å². The van der Waals surface area contributed by atoms with E-state index in [1.54, 1.807) is 7.05 Å². The SMILES string of the molecule is CCC(=NC)C(=O)NCC[Se][Se]CCNC(=O)/C(CC)=N/OC1CCCCO1. The molecular weight excluding hydrogens is 494 g/mol. The van der Waals surface area contributed by atoms with Crippen molar-refractivity contribution in [1.29, 1.82) is 0 Å². The summed E-state index contributed by atoms with van der Waals surface area (Å²) in [5.41, 5.74) is 0.993. The van der Waals surface area contributed by atoms with Gasteiger partial charge in [0, 0.05) is 0 Å². The van der Waals surface area contributed by atoms with E-state index in [0.29, 0.717) is 70.2 Å². The standard InChI is InChI=1S/C18H32N4O4Se2/c1-4-14(19-3)17(23)20-9-12-27-28-13-10-21-18(24)15(5-2)22-26-16-8-6-7-11-25-16/h16H,4-13H2,1-3H3,(H,20,23)(H,21,24)/b19-14?,22-15+. The summed E-state index contributed by atoms with van der Waals surface area (Å²) in [6, 6.07) is 0. The molecule has 1 heterocycles. The first-order valence-corrected chi connectivity index (χ1v) is 16.5. The van der Waals surface area contributed by atoms with E-state index < -0.39 is 0 Å². The summed E-state index contributed by atoms with van der Waals surface area (Å²) in [5.74, 6) is -0.229. The van der Waals surface area contributed by atoms with Crippen LogP contribution in [0.3, 0.4) is 0 Å². The van der Waals surface area contributed by atoms with Gasteiger partial charge in [-0.05, 0) is 0 Å². The fourth-order valence-corrected chi connectivity index (χ4v) is 8.00. The van der Waals surface area contributed by atoms with Crippen molar-refractivity contribution in [1.82, 2.24) is 10.6 Å². The first-order valence-electron chi connectivity index (χ1n) is 9.73. The van der Waals surface area contributed by atoms with Crippen LogP contribution in [0.25, 0.3) is 0 Å². The Morgan fingerprint density at radius 1 is 1.04 bits per heavy atom. The minimum atomic E-state index is -0.327. The topological polar surface area (TPSA) is 101 Å². The number of nitrogens with one attached hydrogen (secondary N) is 2. The average molecular weight is 526 g/mol. The van der Waals surface area contributed by atoms with Gasteiger partial charge in [0.2, 0.25) is 0 Å². The van der Waals surface area contributed by atoms with Gasteiger partial charge in [-0.2, -0.15) is 0 Å². The Balaban J connectivity index is 2.10. The Hall–Kier alpha value is -0.921. The number of oxime groups is 1. The Labute approximate surface area is 178 Å². The summed E-state index contributed by atoms with van der Waals surface area (Å²) in [6.07, 6.45) is 3.78. The zero-order valence-electron chi connectivity index (χ0n) is 17.0. The van der Waals surface area contributed by atoms with Crippen molar-refractivity contribution >= 4 is 49.5 Å². The Kier molecular flexibility index (Phi) is 14.3. The van der Waals surface area contributed by atoms with Crippen molar-refractivity contribution in [2.24, 2.45) is 10.1 Å². The van der Waals surface area contributed by atoms with E-state index in [9.17, 15) is 9.59 Å². The number of aliphatic imine (C=N–C) groups is 1. The molecule has 0 aromatic rings. The van der Waals surface area contributed by atoms with E-state index >= 15 is 0 Å². The van der Waals surface area contributed by atoms with Gasteiger partial charge in [0.15, 0.2) is 0 Å². The number of ether oxygens (including phenoxy) is 1. The fraction of sp³-hybridized carbons (Fsp3) is 0.778. The molecule has 0 radical (unpaired) electrons. The van der Waals surface area contributed by atoms with Crippen LogP contribution in [0.5, 0.6) is 0 Å². The number of hydrogen-bond acceptors (Lipinski definition) is 6. The molecule has 0 aromatic heterocycles. The number of nitrogens with zero attached hydrogens (tertiary/aromatic N) is 2. The molecule has 0 bridgehead atoms. The summed E-state index contributed by atoms with van der Waals surface area (Å²) in [4.78, 5) is 33.2. The molecule has 1 saturated heterocycles. The zero-order chi connectivity index (χ0) is 20.6. The Bertz CT molecular complexity index is 538. The van der Waals surface area contributed by atoms with Crippen molar-refractivity contribution in [3.05, 3.63) is 0 Å². The number of carbonyl (C=O) groups excluding carboxylic acids is 2. The normalized spacial score (nSPS) is 17.9. The van der Waals surface area contributed by atoms with E-state index in [1.165, 1.54) is 0 Å². The monoisotopic (exact) mass is 528 g/mol. The Morgan fingerprint density at radius 3 is 2.14 bits per heavy atom. The van der Waals surface area contributed by atoms with Crippen molar-refractivity contribution in [2.75, 3.05) is 26.7 Å². The molecule has 160 valence electrons. The number of rotatable bonds is 13. The molecule has 8 nitrogen and oxygen atoms in total. The van der Waals surface area contributed by atoms with Crippen LogP contribution in [0.4, 0.5) is 0 Å². The summed E-state index contributed by atoms with van der Waals surface area (Å²) in [7, 11) is 1.64. The Morgan fingerprint density at radius 2 is 1.64 bits per heavy atom. The maximum absolute atomic E-state index is 12.2. The maximum atomic E-state index is 12.2. The van der Waals surface area contributed by atoms with Crippen LogP contribution >= 0.6 is 0 Å². The summed E-state index contributed by atoms with van der Waals surface area (Å²) in [6.45, 7) is 5.84. The summed E-state index contributed by atoms with van der Waals surface area (Å²) < 4.78 is 5.45. The third-order valence-electron chi connectivity index (χ3n) is 3.91. The zero-order valence-corrected chi connectivity index (χ0v) is 20.4. The molecule has 1 atom stereocenters. The molecular formula is C18H32N4O4Se2. The molecule has 0 aliphatic carbocycles. The third kappa shape index (κ3) is 10.6. The molecule has 0 aromatic carbocycles. The fourth-order valence-electron chi connectivity index (χ4n) is 2.34. The molecule has 1 aliphatic heterocycles. The first kappa shape index (κ1) is 25.1. The molecule has 10 heteroatoms. The van der Waals surface area contributed by atoms with Gasteiger partial charge < -0.3 is 0 Å². The molecule has 1 aliphatic rings. The molecule has 2 N–H and O–H groups in total. The van der Waals surface area contributed by atoms with Crippen LogP contribution in [0.2, 0.25) is 10.6 Å². The van der Waals surface area contributed by atoms with Gasteiger partial charge in [0.1, 0.15) is 0 Å². The van der Waals surface area contributed by atoms with Gasteiger partial charge >= 0.3 is 179 Å². The average Bonchev–Trinajstić information content (AvgIpc) is 2.72.